The second-order valence-electron chi connectivity index (χ2n) is 9.24. The van der Waals surface area contributed by atoms with Crippen molar-refractivity contribution in [3.8, 4) is 5.75 Å². The summed E-state index contributed by atoms with van der Waals surface area (Å²) in [5, 5.41) is 2.43. The standard InChI is InChI=1S/C25H26F2N4O8/c1-14-12-37-19-11-30-10-17(23(33)28-9-15-2-3-16(26)8-18(15)27)21(32)22(20(30)24(34)31(14)19)38-13-39-25(35)29-4-6-36-7-5-29/h2-3,8,10,14,19H,4-7,9,11-13H2,1H3,(H,28,33)/t14-,19+/m0/s1. The lowest BCUT2D eigenvalue weighted by molar-refractivity contribution is -0.00262. The van der Waals surface area contributed by atoms with E-state index in [2.05, 4.69) is 5.32 Å². The Morgan fingerprint density at radius 1 is 1.18 bits per heavy atom. The van der Waals surface area contributed by atoms with Crippen LogP contribution in [-0.2, 0) is 27.3 Å². The van der Waals surface area contributed by atoms with Gasteiger partial charge in [-0.3, -0.25) is 14.4 Å². The number of pyridine rings is 1. The Kier molecular flexibility index (Phi) is 7.48. The Hall–Kier alpha value is -4.04. The van der Waals surface area contributed by atoms with Crippen molar-refractivity contribution in [3.63, 3.8) is 0 Å². The largest absolute Gasteiger partial charge is 0.451 e. The van der Waals surface area contributed by atoms with E-state index < -0.39 is 53.7 Å². The van der Waals surface area contributed by atoms with Gasteiger partial charge in [0.25, 0.3) is 11.8 Å². The first-order valence-corrected chi connectivity index (χ1v) is 12.3. The van der Waals surface area contributed by atoms with Crippen LogP contribution in [0.2, 0.25) is 0 Å². The Bertz CT molecular complexity index is 1360. The van der Waals surface area contributed by atoms with Crippen LogP contribution >= 0.6 is 0 Å². The zero-order chi connectivity index (χ0) is 27.7. The molecule has 1 N–H and O–H groups in total. The van der Waals surface area contributed by atoms with Crippen molar-refractivity contribution < 1.29 is 42.1 Å². The summed E-state index contributed by atoms with van der Waals surface area (Å²) in [7, 11) is 0. The van der Waals surface area contributed by atoms with Crippen LogP contribution in [0.15, 0.2) is 29.2 Å². The number of aromatic nitrogens is 1. The molecule has 0 bridgehead atoms. The highest BCUT2D eigenvalue weighted by molar-refractivity contribution is 5.99. The van der Waals surface area contributed by atoms with E-state index in [9.17, 15) is 28.0 Å². The van der Waals surface area contributed by atoms with Gasteiger partial charge >= 0.3 is 6.09 Å². The quantitative estimate of drug-likeness (QED) is 0.531. The van der Waals surface area contributed by atoms with E-state index in [0.717, 1.165) is 6.07 Å². The summed E-state index contributed by atoms with van der Waals surface area (Å²) < 4.78 is 50.2. The molecule has 3 aliphatic heterocycles. The zero-order valence-electron chi connectivity index (χ0n) is 21.0. The molecule has 0 unspecified atom stereocenters. The van der Waals surface area contributed by atoms with E-state index in [1.54, 1.807) is 6.92 Å². The monoisotopic (exact) mass is 548 g/mol. The summed E-state index contributed by atoms with van der Waals surface area (Å²) in [6, 6.07) is 2.64. The first kappa shape index (κ1) is 26.6. The highest BCUT2D eigenvalue weighted by atomic mass is 19.1. The normalized spacial score (nSPS) is 20.3. The molecule has 2 atom stereocenters. The number of carbonyl (C=O) groups is 3. The number of morpholine rings is 1. The summed E-state index contributed by atoms with van der Waals surface area (Å²) >= 11 is 0. The number of carbonyl (C=O) groups excluding carboxylic acids is 3. The highest BCUT2D eigenvalue weighted by Gasteiger charge is 2.43. The van der Waals surface area contributed by atoms with Crippen molar-refractivity contribution >= 4 is 17.9 Å². The topological polar surface area (TPSA) is 129 Å². The van der Waals surface area contributed by atoms with E-state index in [1.165, 1.54) is 26.6 Å². The van der Waals surface area contributed by atoms with Crippen LogP contribution in [0.25, 0.3) is 0 Å². The van der Waals surface area contributed by atoms with Gasteiger partial charge in [0.05, 0.1) is 32.4 Å². The van der Waals surface area contributed by atoms with Crippen LogP contribution < -0.4 is 15.5 Å². The number of benzene rings is 1. The molecule has 0 spiro atoms. The molecule has 14 heteroatoms. The second-order valence-corrected chi connectivity index (χ2v) is 9.24. The molecule has 2 saturated heterocycles. The van der Waals surface area contributed by atoms with Crippen LogP contribution in [0, 0.1) is 11.6 Å². The fourth-order valence-corrected chi connectivity index (χ4v) is 4.67. The Morgan fingerprint density at radius 2 is 1.95 bits per heavy atom. The zero-order valence-corrected chi connectivity index (χ0v) is 21.0. The number of amides is 3. The lowest BCUT2D eigenvalue weighted by Crippen LogP contribution is -2.49. The molecule has 208 valence electrons. The molecule has 3 aliphatic rings. The second kappa shape index (κ2) is 11.0. The maximum Gasteiger partial charge on any atom is 0.412 e. The lowest BCUT2D eigenvalue weighted by atomic mass is 10.1. The molecule has 5 rings (SSSR count). The van der Waals surface area contributed by atoms with Gasteiger partial charge in [0.2, 0.25) is 18.0 Å². The molecule has 39 heavy (non-hydrogen) atoms. The van der Waals surface area contributed by atoms with Gasteiger partial charge in [0.15, 0.2) is 11.9 Å². The molecule has 4 heterocycles. The number of hydrogen-bond acceptors (Lipinski definition) is 8. The highest BCUT2D eigenvalue weighted by Crippen LogP contribution is 2.30. The van der Waals surface area contributed by atoms with Crippen molar-refractivity contribution in [2.75, 3.05) is 39.7 Å². The molecular formula is C25H26F2N4O8. The maximum absolute atomic E-state index is 14.0. The van der Waals surface area contributed by atoms with Crippen molar-refractivity contribution in [2.24, 2.45) is 0 Å². The van der Waals surface area contributed by atoms with E-state index in [0.29, 0.717) is 39.0 Å². The predicted octanol–water partition coefficient (Wildman–Crippen LogP) is 1.06. The van der Waals surface area contributed by atoms with Gasteiger partial charge in [0.1, 0.15) is 17.2 Å². The van der Waals surface area contributed by atoms with Gasteiger partial charge < -0.3 is 38.6 Å². The smallest absolute Gasteiger partial charge is 0.412 e. The van der Waals surface area contributed by atoms with Crippen LogP contribution in [0.1, 0.15) is 33.3 Å². The van der Waals surface area contributed by atoms with Gasteiger partial charge in [-0.1, -0.05) is 6.07 Å². The fourth-order valence-electron chi connectivity index (χ4n) is 4.67. The van der Waals surface area contributed by atoms with Crippen LogP contribution in [0.4, 0.5) is 13.6 Å². The minimum atomic E-state index is -0.916. The first-order chi connectivity index (χ1) is 18.7. The number of fused-ring (bicyclic) bond motifs is 2. The summed E-state index contributed by atoms with van der Waals surface area (Å²) in [6.45, 7) is 2.56. The number of rotatable bonds is 6. The van der Waals surface area contributed by atoms with Crippen molar-refractivity contribution in [1.29, 1.82) is 0 Å². The van der Waals surface area contributed by atoms with Gasteiger partial charge in [-0.25, -0.2) is 13.6 Å². The molecule has 0 saturated carbocycles. The van der Waals surface area contributed by atoms with Crippen LogP contribution in [0.3, 0.4) is 0 Å². The number of nitrogens with one attached hydrogen (secondary N) is 1. The SMILES string of the molecule is C[C@H]1CO[C@@H]2Cn3cc(C(=O)NCc4ccc(F)cc4F)c(=O)c(OCOC(=O)N4CCOCC4)c3C(=O)N12. The van der Waals surface area contributed by atoms with E-state index in [-0.39, 0.29) is 36.0 Å². The van der Waals surface area contributed by atoms with Gasteiger partial charge in [0, 0.05) is 37.5 Å². The van der Waals surface area contributed by atoms with Crippen molar-refractivity contribution in [3.05, 3.63) is 63.1 Å². The van der Waals surface area contributed by atoms with E-state index >= 15 is 0 Å². The molecule has 1 aromatic heterocycles. The third-order valence-corrected chi connectivity index (χ3v) is 6.70. The van der Waals surface area contributed by atoms with Crippen molar-refractivity contribution in [2.45, 2.75) is 32.3 Å². The number of ether oxygens (including phenoxy) is 4. The predicted molar refractivity (Wildman–Crippen MR) is 128 cm³/mol. The average molecular weight is 548 g/mol. The third kappa shape index (κ3) is 5.29. The molecule has 0 radical (unpaired) electrons. The molecule has 0 aliphatic carbocycles. The molecule has 1 aromatic carbocycles. The third-order valence-electron chi connectivity index (χ3n) is 6.70. The van der Waals surface area contributed by atoms with E-state index in [4.69, 9.17) is 18.9 Å². The first-order valence-electron chi connectivity index (χ1n) is 12.3. The van der Waals surface area contributed by atoms with Crippen LogP contribution in [0.5, 0.6) is 5.75 Å². The van der Waals surface area contributed by atoms with E-state index in [1.807, 2.05) is 0 Å². The maximum atomic E-state index is 14.0. The molecule has 3 amide bonds. The Balaban J connectivity index is 1.41. The molecule has 2 aromatic rings. The van der Waals surface area contributed by atoms with Gasteiger partial charge in [-0.05, 0) is 13.0 Å². The number of nitrogens with zero attached hydrogens (tertiary/aromatic N) is 3. The molecular weight excluding hydrogens is 522 g/mol. The number of hydrogen-bond donors (Lipinski definition) is 1. The average Bonchev–Trinajstić information content (AvgIpc) is 3.30. The van der Waals surface area contributed by atoms with Crippen LogP contribution in [-0.4, -0.2) is 84.2 Å². The minimum Gasteiger partial charge on any atom is -0.451 e. The van der Waals surface area contributed by atoms with Crippen molar-refractivity contribution in [1.82, 2.24) is 19.7 Å². The summed E-state index contributed by atoms with van der Waals surface area (Å²) in [5.74, 6) is -3.50. The summed E-state index contributed by atoms with van der Waals surface area (Å²) in [4.78, 5) is 55.0. The molecule has 2 fully saturated rings. The van der Waals surface area contributed by atoms with Gasteiger partial charge in [-0.15, -0.1) is 0 Å². The van der Waals surface area contributed by atoms with Gasteiger partial charge in [-0.2, -0.15) is 0 Å². The summed E-state index contributed by atoms with van der Waals surface area (Å²) in [6.07, 6.45) is -0.0865. The Labute approximate surface area is 221 Å². The number of halogens is 2. The molecule has 12 nitrogen and oxygen atoms in total. The lowest BCUT2D eigenvalue weighted by Gasteiger charge is -2.34. The minimum absolute atomic E-state index is 0.00785. The fraction of sp³-hybridized carbons (Fsp3) is 0.440. The summed E-state index contributed by atoms with van der Waals surface area (Å²) in [5.41, 5.74) is -1.41. The Morgan fingerprint density at radius 3 is 2.69 bits per heavy atom.